The topological polar surface area (TPSA) is 46.2 Å². The third kappa shape index (κ3) is 1.36. The fraction of sp³-hybridized carbons (Fsp3) is 0.375. The van der Waals surface area contributed by atoms with Crippen LogP contribution < -0.4 is 5.73 Å². The first kappa shape index (κ1) is 7.29. The molecule has 0 aromatic carbocycles. The highest BCUT2D eigenvalue weighted by molar-refractivity contribution is 5.37. The van der Waals surface area contributed by atoms with Gasteiger partial charge in [0.25, 0.3) is 0 Å². The highest BCUT2D eigenvalue weighted by atomic mass is 16.3. The quantitative estimate of drug-likeness (QED) is 0.539. The van der Waals surface area contributed by atoms with Gasteiger partial charge in [-0.1, -0.05) is 6.08 Å². The molecule has 0 aromatic heterocycles. The zero-order valence-electron chi connectivity index (χ0n) is 5.96. The molecular formula is C8H11NO. The summed E-state index contributed by atoms with van der Waals surface area (Å²) in [6, 6.07) is 0. The lowest BCUT2D eigenvalue weighted by Crippen LogP contribution is -2.20. The lowest BCUT2D eigenvalue weighted by Gasteiger charge is -2.02. The predicted octanol–water partition coefficient (Wildman–Crippen LogP) is 0.347. The van der Waals surface area contributed by atoms with Gasteiger partial charge in [-0.05, 0) is 18.6 Å². The highest BCUT2D eigenvalue weighted by Gasteiger charge is 2.07. The average Bonchev–Trinajstić information content (AvgIpc) is 2.34. The Morgan fingerprint density at radius 3 is 2.80 bits per heavy atom. The third-order valence-electron chi connectivity index (χ3n) is 1.44. The van der Waals surface area contributed by atoms with Gasteiger partial charge in [0.2, 0.25) is 0 Å². The minimum absolute atomic E-state index is 0.264. The monoisotopic (exact) mass is 137 g/mol. The van der Waals surface area contributed by atoms with Gasteiger partial charge in [0.1, 0.15) is 0 Å². The Hall–Kier alpha value is -0.820. The second-order valence-electron chi connectivity index (χ2n) is 2.35. The van der Waals surface area contributed by atoms with Crippen molar-refractivity contribution in [1.82, 2.24) is 0 Å². The Balaban J connectivity index is 2.77. The molecule has 54 valence electrons. The van der Waals surface area contributed by atoms with Crippen LogP contribution in [0.25, 0.3) is 0 Å². The van der Waals surface area contributed by atoms with Crippen molar-refractivity contribution in [2.75, 3.05) is 6.54 Å². The average molecular weight is 137 g/mol. The maximum atomic E-state index is 9.19. The van der Waals surface area contributed by atoms with Gasteiger partial charge < -0.3 is 10.8 Å². The summed E-state index contributed by atoms with van der Waals surface area (Å²) in [4.78, 5) is 0. The molecule has 1 aliphatic carbocycles. The summed E-state index contributed by atoms with van der Waals surface area (Å²) < 4.78 is 0. The molecule has 1 atom stereocenters. The van der Waals surface area contributed by atoms with E-state index in [-0.39, 0.29) is 6.54 Å². The molecule has 1 aliphatic rings. The van der Waals surface area contributed by atoms with E-state index in [1.54, 1.807) is 0 Å². The summed E-state index contributed by atoms with van der Waals surface area (Å²) in [6.45, 7) is 2.20. The van der Waals surface area contributed by atoms with Gasteiger partial charge in [0.15, 0.2) is 0 Å². The van der Waals surface area contributed by atoms with Crippen LogP contribution in [0.3, 0.4) is 0 Å². The van der Waals surface area contributed by atoms with Gasteiger partial charge >= 0.3 is 0 Å². The molecule has 0 saturated carbocycles. The van der Waals surface area contributed by atoms with Crippen LogP contribution in [0.15, 0.2) is 29.0 Å². The number of nitrogens with two attached hydrogens (primary N) is 1. The van der Waals surface area contributed by atoms with E-state index < -0.39 is 6.10 Å². The van der Waals surface area contributed by atoms with Crippen LogP contribution in [0.2, 0.25) is 0 Å². The zero-order valence-corrected chi connectivity index (χ0v) is 5.96. The first-order valence-corrected chi connectivity index (χ1v) is 3.27. The molecule has 0 heterocycles. The van der Waals surface area contributed by atoms with Crippen LogP contribution >= 0.6 is 0 Å². The van der Waals surface area contributed by atoms with E-state index in [1.165, 1.54) is 0 Å². The molecule has 0 aromatic rings. The molecule has 1 unspecified atom stereocenters. The van der Waals surface area contributed by atoms with Crippen molar-refractivity contribution < 1.29 is 5.11 Å². The summed E-state index contributed by atoms with van der Waals surface area (Å²) in [6.07, 6.45) is 3.20. The SMILES string of the molecule is CC1=C=C(C(O)CN)C=C1. The molecule has 3 N–H and O–H groups in total. The maximum absolute atomic E-state index is 9.19. The van der Waals surface area contributed by atoms with E-state index in [9.17, 15) is 5.11 Å². The Kier molecular flexibility index (Phi) is 2.07. The van der Waals surface area contributed by atoms with Gasteiger partial charge in [-0.2, -0.15) is 0 Å². The van der Waals surface area contributed by atoms with Crippen molar-refractivity contribution in [3.63, 3.8) is 0 Å². The Morgan fingerprint density at radius 1 is 1.70 bits per heavy atom. The van der Waals surface area contributed by atoms with Crippen molar-refractivity contribution in [3.05, 3.63) is 29.0 Å². The van der Waals surface area contributed by atoms with Crippen molar-refractivity contribution >= 4 is 0 Å². The van der Waals surface area contributed by atoms with Gasteiger partial charge in [-0.15, -0.1) is 5.73 Å². The number of allylic oxidation sites excluding steroid dienone is 1. The van der Waals surface area contributed by atoms with Crippen LogP contribution in [-0.2, 0) is 0 Å². The molecule has 0 fully saturated rings. The van der Waals surface area contributed by atoms with Gasteiger partial charge in [-0.25, -0.2) is 0 Å². The Labute approximate surface area is 60.4 Å². The lowest BCUT2D eigenvalue weighted by molar-refractivity contribution is 0.223. The highest BCUT2D eigenvalue weighted by Crippen LogP contribution is 2.11. The fourth-order valence-electron chi connectivity index (χ4n) is 0.847. The minimum atomic E-state index is -0.548. The van der Waals surface area contributed by atoms with Crippen molar-refractivity contribution in [2.24, 2.45) is 5.73 Å². The Morgan fingerprint density at radius 2 is 2.40 bits per heavy atom. The molecule has 0 amide bonds. The van der Waals surface area contributed by atoms with Crippen molar-refractivity contribution in [2.45, 2.75) is 13.0 Å². The number of hydrogen-bond donors (Lipinski definition) is 2. The van der Waals surface area contributed by atoms with E-state index >= 15 is 0 Å². The van der Waals surface area contributed by atoms with Crippen molar-refractivity contribution in [1.29, 1.82) is 0 Å². The summed E-state index contributed by atoms with van der Waals surface area (Å²) >= 11 is 0. The van der Waals surface area contributed by atoms with E-state index in [2.05, 4.69) is 5.73 Å². The molecule has 0 spiro atoms. The standard InChI is InChI=1S/C8H11NO/c1-6-2-3-7(4-6)8(10)5-9/h2-3,8,10H,5,9H2,1H3. The van der Waals surface area contributed by atoms with Crippen LogP contribution in [0.1, 0.15) is 6.92 Å². The normalized spacial score (nSPS) is 18.7. The van der Waals surface area contributed by atoms with Crippen molar-refractivity contribution in [3.8, 4) is 0 Å². The molecule has 1 rings (SSSR count). The van der Waals surface area contributed by atoms with Gasteiger partial charge in [0.05, 0.1) is 6.10 Å². The second kappa shape index (κ2) is 2.84. The molecule has 0 aliphatic heterocycles. The minimum Gasteiger partial charge on any atom is -0.386 e. The lowest BCUT2D eigenvalue weighted by atomic mass is 10.2. The largest absolute Gasteiger partial charge is 0.386 e. The maximum Gasteiger partial charge on any atom is 0.0983 e. The smallest absolute Gasteiger partial charge is 0.0983 e. The summed E-state index contributed by atoms with van der Waals surface area (Å²) in [5.41, 5.74) is 10.1. The molecule has 0 radical (unpaired) electrons. The molecule has 2 nitrogen and oxygen atoms in total. The first-order valence-electron chi connectivity index (χ1n) is 3.27. The number of aliphatic hydroxyl groups excluding tert-OH is 1. The zero-order chi connectivity index (χ0) is 7.56. The van der Waals surface area contributed by atoms with Crippen LogP contribution in [0.5, 0.6) is 0 Å². The Bertz CT molecular complexity index is 221. The van der Waals surface area contributed by atoms with E-state index in [4.69, 9.17) is 5.73 Å². The summed E-state index contributed by atoms with van der Waals surface area (Å²) in [5, 5.41) is 9.19. The van der Waals surface area contributed by atoms with Gasteiger partial charge in [-0.3, -0.25) is 0 Å². The molecule has 10 heavy (non-hydrogen) atoms. The number of hydrogen-bond acceptors (Lipinski definition) is 2. The van der Waals surface area contributed by atoms with Crippen LogP contribution in [0, 0.1) is 0 Å². The molecule has 2 heteroatoms. The fourth-order valence-corrected chi connectivity index (χ4v) is 0.847. The number of rotatable bonds is 2. The van der Waals surface area contributed by atoms with Gasteiger partial charge in [0, 0.05) is 12.1 Å². The van der Waals surface area contributed by atoms with E-state index in [0.29, 0.717) is 0 Å². The third-order valence-corrected chi connectivity index (χ3v) is 1.44. The second-order valence-corrected chi connectivity index (χ2v) is 2.35. The molecule has 0 bridgehead atoms. The van der Waals surface area contributed by atoms with Crippen LogP contribution in [-0.4, -0.2) is 17.8 Å². The van der Waals surface area contributed by atoms with Crippen LogP contribution in [0.4, 0.5) is 0 Å². The summed E-state index contributed by atoms with van der Waals surface area (Å²) in [7, 11) is 0. The number of aliphatic hydroxyl groups is 1. The van der Waals surface area contributed by atoms with E-state index in [0.717, 1.165) is 11.1 Å². The first-order chi connectivity index (χ1) is 4.74. The molecule has 0 saturated heterocycles. The molecular weight excluding hydrogens is 126 g/mol. The van der Waals surface area contributed by atoms with E-state index in [1.807, 2.05) is 19.1 Å². The predicted molar refractivity (Wildman–Crippen MR) is 40.4 cm³/mol. The summed E-state index contributed by atoms with van der Waals surface area (Å²) in [5.74, 6) is 0.